The molecule has 2 heterocycles. The Balaban J connectivity index is 1.71. The van der Waals surface area contributed by atoms with Gasteiger partial charge in [-0.3, -0.25) is 14.9 Å². The average Bonchev–Trinajstić information content (AvgIpc) is 3.10. The van der Waals surface area contributed by atoms with Crippen LogP contribution in [0.5, 0.6) is 0 Å². The van der Waals surface area contributed by atoms with Crippen LogP contribution in [0.2, 0.25) is 0 Å². The number of nitrogens with one attached hydrogen (secondary N) is 2. The minimum Gasteiger partial charge on any atom is -0.338 e. The number of rotatable bonds is 2. The third kappa shape index (κ3) is 2.00. The van der Waals surface area contributed by atoms with Crippen LogP contribution in [0.4, 0.5) is 0 Å². The molecule has 106 valence electrons. The molecule has 2 aromatic carbocycles. The number of hydrogen-bond acceptors (Lipinski definition) is 3. The van der Waals surface area contributed by atoms with E-state index in [-0.39, 0.29) is 11.8 Å². The van der Waals surface area contributed by atoms with Gasteiger partial charge in [0.15, 0.2) is 0 Å². The molecule has 0 unspecified atom stereocenters. The van der Waals surface area contributed by atoms with Gasteiger partial charge in [0.1, 0.15) is 5.82 Å². The van der Waals surface area contributed by atoms with E-state index in [1.54, 1.807) is 0 Å². The SMILES string of the molecule is O=C1C=C(c2ccc(-c3nc4ccccc4[nH]3)cc2)C(=O)N1. The van der Waals surface area contributed by atoms with Gasteiger partial charge in [-0.1, -0.05) is 36.4 Å². The van der Waals surface area contributed by atoms with Crippen LogP contribution in [0.15, 0.2) is 54.6 Å². The molecule has 2 amide bonds. The van der Waals surface area contributed by atoms with Crippen molar-refractivity contribution >= 4 is 28.4 Å². The maximum Gasteiger partial charge on any atom is 0.258 e. The van der Waals surface area contributed by atoms with Gasteiger partial charge in [-0.15, -0.1) is 0 Å². The molecular weight excluding hydrogens is 278 g/mol. The summed E-state index contributed by atoms with van der Waals surface area (Å²) in [4.78, 5) is 30.6. The van der Waals surface area contributed by atoms with Crippen LogP contribution < -0.4 is 5.32 Å². The first-order chi connectivity index (χ1) is 10.7. The highest BCUT2D eigenvalue weighted by Gasteiger charge is 2.21. The van der Waals surface area contributed by atoms with Gasteiger partial charge in [0.05, 0.1) is 16.6 Å². The quantitative estimate of drug-likeness (QED) is 0.711. The van der Waals surface area contributed by atoms with Crippen molar-refractivity contribution in [2.45, 2.75) is 0 Å². The number of aromatic nitrogens is 2. The van der Waals surface area contributed by atoms with Gasteiger partial charge in [0.25, 0.3) is 11.8 Å². The molecule has 2 N–H and O–H groups in total. The topological polar surface area (TPSA) is 74.8 Å². The van der Waals surface area contributed by atoms with Crippen molar-refractivity contribution in [1.82, 2.24) is 15.3 Å². The largest absolute Gasteiger partial charge is 0.338 e. The normalized spacial score (nSPS) is 14.3. The van der Waals surface area contributed by atoms with Gasteiger partial charge in [0.2, 0.25) is 0 Å². The highest BCUT2D eigenvalue weighted by molar-refractivity contribution is 6.33. The molecule has 0 spiro atoms. The Morgan fingerprint density at radius 3 is 2.27 bits per heavy atom. The monoisotopic (exact) mass is 289 g/mol. The molecule has 5 nitrogen and oxygen atoms in total. The van der Waals surface area contributed by atoms with Crippen LogP contribution in [-0.4, -0.2) is 21.8 Å². The lowest BCUT2D eigenvalue weighted by Crippen LogP contribution is -2.21. The van der Waals surface area contributed by atoms with E-state index in [1.807, 2.05) is 48.5 Å². The fourth-order valence-electron chi connectivity index (χ4n) is 2.52. The summed E-state index contributed by atoms with van der Waals surface area (Å²) < 4.78 is 0. The van der Waals surface area contributed by atoms with Crippen molar-refractivity contribution in [2.24, 2.45) is 0 Å². The lowest BCUT2D eigenvalue weighted by atomic mass is 10.0. The minimum atomic E-state index is -0.374. The molecule has 0 saturated heterocycles. The highest BCUT2D eigenvalue weighted by Crippen LogP contribution is 2.24. The Morgan fingerprint density at radius 1 is 0.864 bits per heavy atom. The second-order valence-electron chi connectivity index (χ2n) is 5.06. The Hall–Kier alpha value is -3.21. The smallest absolute Gasteiger partial charge is 0.258 e. The zero-order chi connectivity index (χ0) is 15.1. The number of fused-ring (bicyclic) bond motifs is 1. The van der Waals surface area contributed by atoms with Crippen molar-refractivity contribution in [3.63, 3.8) is 0 Å². The Labute approximate surface area is 125 Å². The zero-order valence-corrected chi connectivity index (χ0v) is 11.5. The number of hydrogen-bond donors (Lipinski definition) is 2. The standard InChI is InChI=1S/C17H11N3O2/c21-15-9-12(17(22)20-15)10-5-7-11(8-6-10)16-18-13-3-1-2-4-14(13)19-16/h1-9H,(H,18,19)(H,20,21,22). The van der Waals surface area contributed by atoms with E-state index in [4.69, 9.17) is 0 Å². The van der Waals surface area contributed by atoms with Gasteiger partial charge >= 0.3 is 0 Å². The molecule has 1 aliphatic heterocycles. The van der Waals surface area contributed by atoms with E-state index in [2.05, 4.69) is 15.3 Å². The summed E-state index contributed by atoms with van der Waals surface area (Å²) in [7, 11) is 0. The highest BCUT2D eigenvalue weighted by atomic mass is 16.2. The molecule has 0 atom stereocenters. The molecule has 1 aromatic heterocycles. The van der Waals surface area contributed by atoms with Crippen LogP contribution in [0, 0.1) is 0 Å². The second kappa shape index (κ2) is 4.66. The molecule has 5 heteroatoms. The molecule has 22 heavy (non-hydrogen) atoms. The Bertz CT molecular complexity index is 903. The number of H-pyrrole nitrogens is 1. The van der Waals surface area contributed by atoms with Crippen LogP contribution in [0.3, 0.4) is 0 Å². The number of imidazole rings is 1. The summed E-state index contributed by atoms with van der Waals surface area (Å²) in [5.74, 6) is 0.0385. The molecule has 1 aliphatic rings. The lowest BCUT2D eigenvalue weighted by Gasteiger charge is -2.02. The van der Waals surface area contributed by atoms with Gasteiger partial charge in [-0.2, -0.15) is 0 Å². The number of amides is 2. The van der Waals surface area contributed by atoms with E-state index in [1.165, 1.54) is 6.08 Å². The number of aromatic amines is 1. The van der Waals surface area contributed by atoms with Crippen molar-refractivity contribution in [2.75, 3.05) is 0 Å². The molecule has 4 rings (SSSR count). The first-order valence-corrected chi connectivity index (χ1v) is 6.83. The van der Waals surface area contributed by atoms with E-state index < -0.39 is 0 Å². The molecule has 0 fully saturated rings. The number of para-hydroxylation sites is 2. The van der Waals surface area contributed by atoms with E-state index in [0.29, 0.717) is 11.1 Å². The van der Waals surface area contributed by atoms with E-state index in [9.17, 15) is 9.59 Å². The van der Waals surface area contributed by atoms with Crippen LogP contribution in [0.1, 0.15) is 5.56 Å². The Morgan fingerprint density at radius 2 is 1.59 bits per heavy atom. The fraction of sp³-hybridized carbons (Fsp3) is 0. The molecule has 3 aromatic rings. The Kier molecular flexibility index (Phi) is 2.66. The lowest BCUT2D eigenvalue weighted by molar-refractivity contribution is -0.123. The van der Waals surface area contributed by atoms with Gasteiger partial charge in [-0.25, -0.2) is 4.98 Å². The third-order valence-electron chi connectivity index (χ3n) is 3.62. The van der Waals surface area contributed by atoms with Crippen molar-refractivity contribution in [1.29, 1.82) is 0 Å². The summed E-state index contributed by atoms with van der Waals surface area (Å²) in [6, 6.07) is 15.2. The maximum atomic E-state index is 11.6. The van der Waals surface area contributed by atoms with E-state index >= 15 is 0 Å². The molecule has 0 radical (unpaired) electrons. The first-order valence-electron chi connectivity index (χ1n) is 6.83. The number of nitrogens with zero attached hydrogens (tertiary/aromatic N) is 1. The zero-order valence-electron chi connectivity index (χ0n) is 11.5. The number of imide groups is 1. The van der Waals surface area contributed by atoms with Crippen molar-refractivity contribution in [3.8, 4) is 11.4 Å². The summed E-state index contributed by atoms with van der Waals surface area (Å²) >= 11 is 0. The molecular formula is C17H11N3O2. The maximum absolute atomic E-state index is 11.6. The first kappa shape index (κ1) is 12.5. The summed E-state index contributed by atoms with van der Waals surface area (Å²) in [5, 5.41) is 2.24. The minimum absolute atomic E-state index is 0.360. The van der Waals surface area contributed by atoms with Gasteiger partial charge in [0, 0.05) is 11.6 Å². The summed E-state index contributed by atoms with van der Waals surface area (Å²) in [6.07, 6.45) is 1.32. The summed E-state index contributed by atoms with van der Waals surface area (Å²) in [5.41, 5.74) is 3.91. The van der Waals surface area contributed by atoms with Crippen LogP contribution in [0.25, 0.3) is 28.0 Å². The molecule has 0 saturated carbocycles. The van der Waals surface area contributed by atoms with Crippen molar-refractivity contribution in [3.05, 3.63) is 60.2 Å². The predicted octanol–water partition coefficient (Wildman–Crippen LogP) is 2.27. The fourth-order valence-corrected chi connectivity index (χ4v) is 2.52. The predicted molar refractivity (Wildman–Crippen MR) is 82.7 cm³/mol. The second-order valence-corrected chi connectivity index (χ2v) is 5.06. The number of carbonyl (C=O) groups excluding carboxylic acids is 2. The third-order valence-corrected chi connectivity index (χ3v) is 3.62. The van der Waals surface area contributed by atoms with Crippen LogP contribution in [-0.2, 0) is 9.59 Å². The van der Waals surface area contributed by atoms with Crippen LogP contribution >= 0.6 is 0 Å². The van der Waals surface area contributed by atoms with Gasteiger partial charge < -0.3 is 4.98 Å². The molecule has 0 aliphatic carbocycles. The number of benzene rings is 2. The number of carbonyl (C=O) groups is 2. The average molecular weight is 289 g/mol. The summed E-state index contributed by atoms with van der Waals surface area (Å²) in [6.45, 7) is 0. The van der Waals surface area contributed by atoms with Crippen molar-refractivity contribution < 1.29 is 9.59 Å². The van der Waals surface area contributed by atoms with E-state index in [0.717, 1.165) is 22.4 Å². The molecule has 0 bridgehead atoms. The van der Waals surface area contributed by atoms with Gasteiger partial charge in [-0.05, 0) is 17.7 Å².